The van der Waals surface area contributed by atoms with Gasteiger partial charge in [-0.15, -0.1) is 0 Å². The number of nitrogens with zero attached hydrogens (tertiary/aromatic N) is 2. The Kier molecular flexibility index (Phi) is 2.50. The van der Waals surface area contributed by atoms with E-state index in [2.05, 4.69) is 18.9 Å². The van der Waals surface area contributed by atoms with Gasteiger partial charge in [-0.1, -0.05) is 11.1 Å². The summed E-state index contributed by atoms with van der Waals surface area (Å²) in [6.45, 7) is 7.08. The summed E-state index contributed by atoms with van der Waals surface area (Å²) in [5.41, 5.74) is 2.78. The van der Waals surface area contributed by atoms with E-state index in [0.29, 0.717) is 25.0 Å². The molecule has 2 unspecified atom stereocenters. The number of hydrogen-bond donors (Lipinski definition) is 0. The predicted octanol–water partition coefficient (Wildman–Crippen LogP) is 2.03. The number of allylic oxidation sites excluding steroid dienone is 1. The van der Waals surface area contributed by atoms with Crippen molar-refractivity contribution in [1.29, 1.82) is 0 Å². The summed E-state index contributed by atoms with van der Waals surface area (Å²) in [7, 11) is 0. The summed E-state index contributed by atoms with van der Waals surface area (Å²) in [6, 6.07) is 0. The number of fused-ring (bicyclic) bond motifs is 1. The molecule has 0 bridgehead atoms. The zero-order chi connectivity index (χ0) is 11.0. The third kappa shape index (κ3) is 1.76. The van der Waals surface area contributed by atoms with Gasteiger partial charge in [-0.3, -0.25) is 0 Å². The van der Waals surface area contributed by atoms with Crippen LogP contribution >= 0.6 is 0 Å². The lowest BCUT2D eigenvalue weighted by atomic mass is 10.3. The van der Waals surface area contributed by atoms with Crippen molar-refractivity contribution < 1.29 is 9.53 Å². The standard InChI is InChI=1S/C11H16N2O2/c1-4-15-11(14)13-6-9-8(5-12-13)10(9)7(2)3/h5,8-9H,4,6H2,1-3H3. The number of hydrazone groups is 1. The Bertz CT molecular complexity index is 342. The maximum atomic E-state index is 11.4. The van der Waals surface area contributed by atoms with Gasteiger partial charge in [0.25, 0.3) is 0 Å². The number of amides is 1. The van der Waals surface area contributed by atoms with E-state index in [1.165, 1.54) is 16.2 Å². The zero-order valence-corrected chi connectivity index (χ0v) is 9.36. The highest BCUT2D eigenvalue weighted by molar-refractivity contribution is 5.78. The molecule has 1 fully saturated rings. The fourth-order valence-electron chi connectivity index (χ4n) is 2.15. The normalized spacial score (nSPS) is 27.4. The van der Waals surface area contributed by atoms with Crippen LogP contribution in [0.15, 0.2) is 16.2 Å². The monoisotopic (exact) mass is 208 g/mol. The minimum absolute atomic E-state index is 0.341. The molecule has 4 heteroatoms. The third-order valence-corrected chi connectivity index (χ3v) is 2.88. The SMILES string of the molecule is CCOC(=O)N1CC2C(=C(C)C)C2C=N1. The average molecular weight is 208 g/mol. The first-order valence-electron chi connectivity index (χ1n) is 5.30. The number of hydrogen-bond acceptors (Lipinski definition) is 3. The molecule has 2 rings (SSSR count). The summed E-state index contributed by atoms with van der Waals surface area (Å²) in [5, 5.41) is 5.52. The fraction of sp³-hybridized carbons (Fsp3) is 0.636. The van der Waals surface area contributed by atoms with Crippen LogP contribution < -0.4 is 0 Å². The lowest BCUT2D eigenvalue weighted by Gasteiger charge is -2.17. The van der Waals surface area contributed by atoms with E-state index in [1.807, 2.05) is 6.21 Å². The molecule has 0 spiro atoms. The minimum Gasteiger partial charge on any atom is -0.448 e. The van der Waals surface area contributed by atoms with E-state index < -0.39 is 0 Å². The summed E-state index contributed by atoms with van der Waals surface area (Å²) in [6.07, 6.45) is 1.51. The molecule has 0 radical (unpaired) electrons. The van der Waals surface area contributed by atoms with Crippen LogP contribution in [0.4, 0.5) is 4.79 Å². The van der Waals surface area contributed by atoms with Crippen LogP contribution in [-0.4, -0.2) is 30.5 Å². The van der Waals surface area contributed by atoms with E-state index in [9.17, 15) is 4.79 Å². The van der Waals surface area contributed by atoms with Crippen molar-refractivity contribution in [1.82, 2.24) is 5.01 Å². The van der Waals surface area contributed by atoms with Gasteiger partial charge >= 0.3 is 6.09 Å². The molecule has 0 aromatic heterocycles. The Morgan fingerprint density at radius 3 is 3.00 bits per heavy atom. The van der Waals surface area contributed by atoms with E-state index in [0.717, 1.165) is 0 Å². The summed E-state index contributed by atoms with van der Waals surface area (Å²) in [4.78, 5) is 11.4. The van der Waals surface area contributed by atoms with E-state index in [1.54, 1.807) is 6.92 Å². The summed E-state index contributed by atoms with van der Waals surface area (Å²) >= 11 is 0. The summed E-state index contributed by atoms with van der Waals surface area (Å²) < 4.78 is 4.90. The van der Waals surface area contributed by atoms with Crippen molar-refractivity contribution in [3.63, 3.8) is 0 Å². The third-order valence-electron chi connectivity index (χ3n) is 2.88. The topological polar surface area (TPSA) is 41.9 Å². The maximum absolute atomic E-state index is 11.4. The van der Waals surface area contributed by atoms with Gasteiger partial charge < -0.3 is 4.74 Å². The quantitative estimate of drug-likeness (QED) is 0.619. The predicted molar refractivity (Wildman–Crippen MR) is 57.6 cm³/mol. The van der Waals surface area contributed by atoms with Crippen molar-refractivity contribution >= 4 is 12.3 Å². The average Bonchev–Trinajstić information content (AvgIpc) is 2.90. The largest absolute Gasteiger partial charge is 0.448 e. The Morgan fingerprint density at radius 2 is 2.40 bits per heavy atom. The van der Waals surface area contributed by atoms with Crippen LogP contribution in [0.25, 0.3) is 0 Å². The van der Waals surface area contributed by atoms with Gasteiger partial charge in [0.15, 0.2) is 0 Å². The van der Waals surface area contributed by atoms with E-state index >= 15 is 0 Å². The molecule has 0 aromatic rings. The first kappa shape index (κ1) is 10.2. The van der Waals surface area contributed by atoms with Gasteiger partial charge in [-0.25, -0.2) is 4.79 Å². The lowest BCUT2D eigenvalue weighted by Crippen LogP contribution is -2.31. The molecule has 0 aromatic carbocycles. The first-order valence-corrected chi connectivity index (χ1v) is 5.30. The molecule has 82 valence electrons. The molecule has 1 saturated carbocycles. The Hall–Kier alpha value is -1.32. The molecule has 4 nitrogen and oxygen atoms in total. The first-order chi connectivity index (χ1) is 7.15. The van der Waals surface area contributed by atoms with Gasteiger partial charge in [-0.2, -0.15) is 10.1 Å². The van der Waals surface area contributed by atoms with Crippen LogP contribution in [0.5, 0.6) is 0 Å². The van der Waals surface area contributed by atoms with Crippen molar-refractivity contribution in [2.45, 2.75) is 20.8 Å². The molecule has 1 aliphatic carbocycles. The second-order valence-electron chi connectivity index (χ2n) is 4.13. The molecule has 0 saturated heterocycles. The highest BCUT2D eigenvalue weighted by Crippen LogP contribution is 2.48. The second-order valence-corrected chi connectivity index (χ2v) is 4.13. The van der Waals surface area contributed by atoms with Crippen molar-refractivity contribution in [2.75, 3.05) is 13.2 Å². The lowest BCUT2D eigenvalue weighted by molar-refractivity contribution is 0.105. The molecule has 2 atom stereocenters. The van der Waals surface area contributed by atoms with Crippen LogP contribution in [0.1, 0.15) is 20.8 Å². The highest BCUT2D eigenvalue weighted by atomic mass is 16.6. The van der Waals surface area contributed by atoms with Gasteiger partial charge in [0.2, 0.25) is 0 Å². The van der Waals surface area contributed by atoms with Crippen molar-refractivity contribution in [2.24, 2.45) is 16.9 Å². The van der Waals surface area contributed by atoms with Crippen molar-refractivity contribution in [3.8, 4) is 0 Å². The van der Waals surface area contributed by atoms with Gasteiger partial charge in [0.05, 0.1) is 13.2 Å². The minimum atomic E-state index is -0.341. The van der Waals surface area contributed by atoms with Gasteiger partial charge in [0.1, 0.15) is 0 Å². The number of carbonyl (C=O) groups excluding carboxylic acids is 1. The molecule has 1 heterocycles. The molecular weight excluding hydrogens is 192 g/mol. The van der Waals surface area contributed by atoms with Crippen LogP contribution in [0, 0.1) is 11.8 Å². The van der Waals surface area contributed by atoms with Gasteiger partial charge in [-0.05, 0) is 20.8 Å². The number of ether oxygens (including phenoxy) is 1. The van der Waals surface area contributed by atoms with Gasteiger partial charge in [0, 0.05) is 18.1 Å². The Labute approximate surface area is 89.6 Å². The molecule has 1 amide bonds. The number of carbonyl (C=O) groups is 1. The maximum Gasteiger partial charge on any atom is 0.430 e. The Balaban J connectivity index is 2.02. The second kappa shape index (κ2) is 3.68. The highest BCUT2D eigenvalue weighted by Gasteiger charge is 2.47. The van der Waals surface area contributed by atoms with Crippen LogP contribution in [0.3, 0.4) is 0 Å². The fourth-order valence-corrected chi connectivity index (χ4v) is 2.15. The van der Waals surface area contributed by atoms with E-state index in [4.69, 9.17) is 4.74 Å². The zero-order valence-electron chi connectivity index (χ0n) is 9.36. The number of rotatable bonds is 1. The molecular formula is C11H16N2O2. The molecule has 0 N–H and O–H groups in total. The smallest absolute Gasteiger partial charge is 0.430 e. The molecule has 1 aliphatic heterocycles. The van der Waals surface area contributed by atoms with Crippen LogP contribution in [-0.2, 0) is 4.74 Å². The molecule has 15 heavy (non-hydrogen) atoms. The van der Waals surface area contributed by atoms with E-state index in [-0.39, 0.29) is 6.09 Å². The van der Waals surface area contributed by atoms with Crippen molar-refractivity contribution in [3.05, 3.63) is 11.1 Å². The summed E-state index contributed by atoms with van der Waals surface area (Å²) in [5.74, 6) is 0.956. The Morgan fingerprint density at radius 1 is 1.67 bits per heavy atom. The molecule has 2 aliphatic rings. The van der Waals surface area contributed by atoms with Crippen LogP contribution in [0.2, 0.25) is 0 Å².